The van der Waals surface area contributed by atoms with Gasteiger partial charge >= 0.3 is 185 Å². The first-order valence-corrected chi connectivity index (χ1v) is 15.5. The van der Waals surface area contributed by atoms with Crippen LogP contribution in [0, 0.1) is 5.92 Å². The molecule has 0 bridgehead atoms. The molecule has 0 spiro atoms. The Bertz CT molecular complexity index is 919. The molecule has 0 saturated heterocycles. The van der Waals surface area contributed by atoms with Crippen LogP contribution >= 0.6 is 0 Å². The third kappa shape index (κ3) is 4.35. The van der Waals surface area contributed by atoms with Crippen LogP contribution in [0.4, 0.5) is 0 Å². The third-order valence-electron chi connectivity index (χ3n) is 5.66. The van der Waals surface area contributed by atoms with Crippen molar-refractivity contribution in [2.45, 2.75) is 56.2 Å². The predicted molar refractivity (Wildman–Crippen MR) is 120 cm³/mol. The van der Waals surface area contributed by atoms with Gasteiger partial charge in [0.15, 0.2) is 0 Å². The number of carbonyl (C=O) groups excluding carboxylic acids is 2. The number of hydrogen-bond donors (Lipinski definition) is 1. The molecule has 1 aromatic heterocycles. The molecule has 2 aromatic rings. The molecule has 0 amide bonds. The van der Waals surface area contributed by atoms with E-state index < -0.39 is 29.9 Å². The summed E-state index contributed by atoms with van der Waals surface area (Å²) in [5.41, 5.74) is -1.04. The molecule has 7 heteroatoms. The molecular formula is C23H30O5SeSi. The number of ether oxygens (including phenoxy) is 1. The van der Waals surface area contributed by atoms with Crippen molar-refractivity contribution in [3.63, 3.8) is 0 Å². The van der Waals surface area contributed by atoms with E-state index in [1.165, 1.54) is 0 Å². The van der Waals surface area contributed by atoms with Crippen LogP contribution in [0.25, 0.3) is 0 Å². The van der Waals surface area contributed by atoms with Crippen molar-refractivity contribution >= 4 is 44.6 Å². The molecule has 0 aliphatic heterocycles. The van der Waals surface area contributed by atoms with E-state index in [0.717, 1.165) is 9.85 Å². The van der Waals surface area contributed by atoms with Gasteiger partial charge in [0.05, 0.1) is 0 Å². The van der Waals surface area contributed by atoms with Gasteiger partial charge in [-0.3, -0.25) is 0 Å². The fourth-order valence-electron chi connectivity index (χ4n) is 4.11. The number of esters is 1. The van der Waals surface area contributed by atoms with Crippen molar-refractivity contribution in [1.82, 2.24) is 0 Å². The summed E-state index contributed by atoms with van der Waals surface area (Å²) in [5.74, 6) is -1.29. The second kappa shape index (κ2) is 8.46. The molecule has 1 fully saturated rings. The third-order valence-corrected chi connectivity index (χ3v) is 10.2. The van der Waals surface area contributed by atoms with E-state index in [-0.39, 0.29) is 40.2 Å². The zero-order valence-corrected chi connectivity index (χ0v) is 20.9. The van der Waals surface area contributed by atoms with E-state index in [4.69, 9.17) is 9.15 Å². The first-order chi connectivity index (χ1) is 14.0. The van der Waals surface area contributed by atoms with Crippen LogP contribution in [0.1, 0.15) is 32.3 Å². The fourth-order valence-corrected chi connectivity index (χ4v) is 8.26. The number of furan rings is 1. The first-order valence-electron chi connectivity index (χ1n) is 10.3. The molecule has 30 heavy (non-hydrogen) atoms. The van der Waals surface area contributed by atoms with Crippen molar-refractivity contribution < 1.29 is 23.8 Å². The number of rotatable bonds is 6. The van der Waals surface area contributed by atoms with Gasteiger partial charge in [0.25, 0.3) is 0 Å². The molecule has 1 N–H and O–H groups in total. The molecular weight excluding hydrogens is 463 g/mol. The van der Waals surface area contributed by atoms with E-state index in [9.17, 15) is 14.7 Å². The Morgan fingerprint density at radius 1 is 1.27 bits per heavy atom. The Morgan fingerprint density at radius 3 is 2.53 bits per heavy atom. The van der Waals surface area contributed by atoms with Crippen LogP contribution in [0.15, 0.2) is 47.1 Å². The van der Waals surface area contributed by atoms with Gasteiger partial charge in [-0.2, -0.15) is 0 Å². The zero-order valence-electron chi connectivity index (χ0n) is 18.2. The topological polar surface area (TPSA) is 76.7 Å². The van der Waals surface area contributed by atoms with E-state index in [0.29, 0.717) is 5.56 Å². The number of carbonyl (C=O) groups is 2. The Balaban J connectivity index is 2.04. The van der Waals surface area contributed by atoms with Crippen LogP contribution in [0.5, 0.6) is 0 Å². The molecule has 1 aromatic carbocycles. The molecule has 0 unspecified atom stereocenters. The van der Waals surface area contributed by atoms with Crippen LogP contribution < -0.4 is 9.85 Å². The van der Waals surface area contributed by atoms with Gasteiger partial charge in [-0.1, -0.05) is 0 Å². The summed E-state index contributed by atoms with van der Waals surface area (Å²) >= 11 is -0.171. The number of ketones is 1. The van der Waals surface area contributed by atoms with E-state index in [1.54, 1.807) is 19.3 Å². The monoisotopic (exact) mass is 494 g/mol. The van der Waals surface area contributed by atoms with Crippen LogP contribution in [0.2, 0.25) is 24.0 Å². The molecule has 1 aliphatic rings. The first kappa shape index (κ1) is 23.0. The zero-order chi connectivity index (χ0) is 22.2. The van der Waals surface area contributed by atoms with Gasteiger partial charge < -0.3 is 0 Å². The van der Waals surface area contributed by atoms with Gasteiger partial charge in [-0.05, 0) is 0 Å². The quantitative estimate of drug-likeness (QED) is 0.495. The van der Waals surface area contributed by atoms with Crippen LogP contribution in [0.3, 0.4) is 0 Å². The summed E-state index contributed by atoms with van der Waals surface area (Å²) in [5, 5.41) is 12.6. The summed E-state index contributed by atoms with van der Waals surface area (Å²) < 4.78 is 11.5. The van der Waals surface area contributed by atoms with Crippen molar-refractivity contribution in [2.24, 2.45) is 5.92 Å². The van der Waals surface area contributed by atoms with Gasteiger partial charge in [0, 0.05) is 0 Å². The Morgan fingerprint density at radius 2 is 1.93 bits per heavy atom. The molecule has 1 saturated carbocycles. The summed E-state index contributed by atoms with van der Waals surface area (Å²) in [6.45, 7) is 10.3. The van der Waals surface area contributed by atoms with Gasteiger partial charge in [0.1, 0.15) is 0 Å². The van der Waals surface area contributed by atoms with Gasteiger partial charge in [-0.25, -0.2) is 0 Å². The van der Waals surface area contributed by atoms with Gasteiger partial charge in [-0.15, -0.1) is 0 Å². The number of Topliss-reactive ketones (excluding diaryl/α,β-unsaturated/α-hetero) is 1. The Kier molecular flexibility index (Phi) is 6.49. The number of aliphatic hydroxyl groups is 1. The van der Waals surface area contributed by atoms with E-state index >= 15 is 0 Å². The maximum atomic E-state index is 13.4. The Hall–Kier alpha value is -1.66. The SMILES string of the molecule is CCOC(=O)[C@H]1C[C@](C)([Se]c2ccccc2)C(=O)C[C@]1(O)c1ccoc1[Si](C)(C)C. The normalized spacial score (nSPS) is 27.1. The molecule has 5 nitrogen and oxygen atoms in total. The number of benzene rings is 1. The van der Waals surface area contributed by atoms with Crippen molar-refractivity contribution in [3.8, 4) is 0 Å². The second-order valence-electron chi connectivity index (χ2n) is 9.09. The standard InChI is InChI=1S/C23H30O5SeSi/c1-6-27-20(25)18-14-22(2,29-16-10-8-7-9-11-16)19(24)15-23(18,26)17-12-13-28-21(17)30(3,4)5/h7-13,18,26H,6,14-15H2,1-5H3/t18-,22+,23+/m1/s1. The van der Waals surface area contributed by atoms with Crippen LogP contribution in [-0.2, 0) is 19.9 Å². The number of hydrogen-bond acceptors (Lipinski definition) is 5. The molecule has 1 aliphatic carbocycles. The Labute approximate surface area is 185 Å². The molecule has 3 rings (SSSR count). The summed E-state index contributed by atoms with van der Waals surface area (Å²) in [6, 6.07) is 11.6. The van der Waals surface area contributed by atoms with E-state index in [2.05, 4.69) is 19.6 Å². The van der Waals surface area contributed by atoms with Crippen molar-refractivity contribution in [2.75, 3.05) is 6.61 Å². The molecule has 3 atom stereocenters. The molecule has 0 radical (unpaired) electrons. The van der Waals surface area contributed by atoms with Crippen molar-refractivity contribution in [1.29, 1.82) is 0 Å². The second-order valence-corrected chi connectivity index (χ2v) is 17.4. The summed E-state index contributed by atoms with van der Waals surface area (Å²) in [4.78, 5) is 26.4. The van der Waals surface area contributed by atoms with E-state index in [1.807, 2.05) is 37.3 Å². The summed E-state index contributed by atoms with van der Waals surface area (Å²) in [6.07, 6.45) is 1.69. The average molecular weight is 494 g/mol. The van der Waals surface area contributed by atoms with Gasteiger partial charge in [0.2, 0.25) is 0 Å². The average Bonchev–Trinajstić information content (AvgIpc) is 3.17. The molecule has 162 valence electrons. The van der Waals surface area contributed by atoms with Crippen LogP contribution in [-0.4, -0.2) is 46.5 Å². The summed E-state index contributed by atoms with van der Waals surface area (Å²) in [7, 11) is -1.94. The van der Waals surface area contributed by atoms with Crippen molar-refractivity contribution in [3.05, 3.63) is 48.2 Å². The maximum absolute atomic E-state index is 13.4. The molecule has 1 heterocycles. The fraction of sp³-hybridized carbons (Fsp3) is 0.478. The minimum absolute atomic E-state index is 0.0165. The predicted octanol–water partition coefficient (Wildman–Crippen LogP) is 2.76. The minimum atomic E-state index is -1.94.